The number of aromatic nitrogens is 3. The second-order valence-corrected chi connectivity index (χ2v) is 5.44. The summed E-state index contributed by atoms with van der Waals surface area (Å²) >= 11 is 5.23. The molecule has 3 rings (SSSR count). The predicted octanol–water partition coefficient (Wildman–Crippen LogP) is 4.37. The Balaban J connectivity index is 1.75. The van der Waals surface area contributed by atoms with Crippen LogP contribution in [0.3, 0.4) is 0 Å². The van der Waals surface area contributed by atoms with Crippen molar-refractivity contribution in [3.05, 3.63) is 77.6 Å². The molecule has 0 aliphatic carbocycles. The Morgan fingerprint density at radius 3 is 2.57 bits per heavy atom. The van der Waals surface area contributed by atoms with Gasteiger partial charge in [-0.25, -0.2) is 0 Å². The van der Waals surface area contributed by atoms with Crippen LogP contribution in [0.25, 0.3) is 11.4 Å². The van der Waals surface area contributed by atoms with Crippen molar-refractivity contribution in [2.24, 2.45) is 0 Å². The minimum absolute atomic E-state index is 0.551. The average molecular weight is 323 g/mol. The molecule has 0 aliphatic rings. The van der Waals surface area contributed by atoms with Crippen molar-refractivity contribution in [1.29, 1.82) is 0 Å². The first-order chi connectivity index (χ1) is 11.3. The molecule has 0 radical (unpaired) electrons. The van der Waals surface area contributed by atoms with Gasteiger partial charge in [0.2, 0.25) is 0 Å². The van der Waals surface area contributed by atoms with E-state index in [0.29, 0.717) is 17.9 Å². The van der Waals surface area contributed by atoms with Crippen LogP contribution in [0, 0.1) is 4.77 Å². The van der Waals surface area contributed by atoms with Gasteiger partial charge in [0.25, 0.3) is 0 Å². The van der Waals surface area contributed by atoms with Crippen LogP contribution >= 0.6 is 12.2 Å². The number of aromatic amines is 1. The van der Waals surface area contributed by atoms with Crippen molar-refractivity contribution < 1.29 is 4.74 Å². The van der Waals surface area contributed by atoms with Crippen LogP contribution in [0.1, 0.15) is 5.56 Å². The SMILES string of the molecule is C=CCn1c(-c2ccc(OCc3ccccc3)cc2)n[nH]c1=S. The lowest BCUT2D eigenvalue weighted by Gasteiger charge is -2.08. The zero-order chi connectivity index (χ0) is 16.1. The Morgan fingerprint density at radius 2 is 1.87 bits per heavy atom. The first-order valence-electron chi connectivity index (χ1n) is 7.31. The van der Waals surface area contributed by atoms with Gasteiger partial charge in [-0.15, -0.1) is 6.58 Å². The van der Waals surface area contributed by atoms with Gasteiger partial charge in [0.1, 0.15) is 12.4 Å². The molecule has 116 valence electrons. The molecular formula is C18H17N3OS. The quantitative estimate of drug-likeness (QED) is 0.541. The average Bonchev–Trinajstić information content (AvgIpc) is 2.96. The third-order valence-corrected chi connectivity index (χ3v) is 3.74. The van der Waals surface area contributed by atoms with Gasteiger partial charge in [-0.1, -0.05) is 36.4 Å². The smallest absolute Gasteiger partial charge is 0.195 e. The van der Waals surface area contributed by atoms with Gasteiger partial charge in [0, 0.05) is 12.1 Å². The van der Waals surface area contributed by atoms with Gasteiger partial charge >= 0.3 is 0 Å². The number of hydrogen-bond donors (Lipinski definition) is 1. The number of nitrogens with one attached hydrogen (secondary N) is 1. The zero-order valence-corrected chi connectivity index (χ0v) is 13.4. The fourth-order valence-electron chi connectivity index (χ4n) is 2.28. The van der Waals surface area contributed by atoms with E-state index in [4.69, 9.17) is 17.0 Å². The van der Waals surface area contributed by atoms with Crippen molar-refractivity contribution in [3.63, 3.8) is 0 Å². The van der Waals surface area contributed by atoms with Gasteiger partial charge in [0.15, 0.2) is 10.6 Å². The maximum Gasteiger partial charge on any atom is 0.195 e. The highest BCUT2D eigenvalue weighted by Crippen LogP contribution is 2.21. The molecule has 0 spiro atoms. The Bertz CT molecular complexity index is 835. The molecule has 0 aliphatic heterocycles. The largest absolute Gasteiger partial charge is 0.489 e. The fourth-order valence-corrected chi connectivity index (χ4v) is 2.48. The van der Waals surface area contributed by atoms with Gasteiger partial charge in [0.05, 0.1) is 0 Å². The van der Waals surface area contributed by atoms with Gasteiger partial charge < -0.3 is 4.74 Å². The summed E-state index contributed by atoms with van der Waals surface area (Å²) < 4.78 is 8.29. The summed E-state index contributed by atoms with van der Waals surface area (Å²) in [4.78, 5) is 0. The second-order valence-electron chi connectivity index (χ2n) is 5.05. The maximum atomic E-state index is 5.79. The van der Waals surface area contributed by atoms with Crippen LogP contribution < -0.4 is 4.74 Å². The Kier molecular flexibility index (Phi) is 4.68. The molecule has 0 unspecified atom stereocenters. The predicted molar refractivity (Wildman–Crippen MR) is 93.8 cm³/mol. The first kappa shape index (κ1) is 15.2. The summed E-state index contributed by atoms with van der Waals surface area (Å²) in [6, 6.07) is 17.9. The summed E-state index contributed by atoms with van der Waals surface area (Å²) in [5, 5.41) is 7.10. The van der Waals surface area contributed by atoms with Gasteiger partial charge in [-0.3, -0.25) is 9.67 Å². The van der Waals surface area contributed by atoms with Crippen molar-refractivity contribution in [3.8, 4) is 17.1 Å². The van der Waals surface area contributed by atoms with E-state index >= 15 is 0 Å². The van der Waals surface area contributed by atoms with E-state index in [9.17, 15) is 0 Å². The molecular weight excluding hydrogens is 306 g/mol. The number of hydrogen-bond acceptors (Lipinski definition) is 3. The Labute approximate surface area is 140 Å². The van der Waals surface area contributed by atoms with Gasteiger partial charge in [-0.2, -0.15) is 5.10 Å². The van der Waals surface area contributed by atoms with E-state index in [-0.39, 0.29) is 0 Å². The second kappa shape index (κ2) is 7.07. The Morgan fingerprint density at radius 1 is 1.13 bits per heavy atom. The molecule has 1 heterocycles. The minimum Gasteiger partial charge on any atom is -0.489 e. The highest BCUT2D eigenvalue weighted by molar-refractivity contribution is 7.71. The molecule has 0 saturated heterocycles. The lowest BCUT2D eigenvalue weighted by molar-refractivity contribution is 0.306. The molecule has 1 N–H and O–H groups in total. The van der Waals surface area contributed by atoms with E-state index in [0.717, 1.165) is 22.7 Å². The number of ether oxygens (including phenoxy) is 1. The van der Waals surface area contributed by atoms with Crippen molar-refractivity contribution >= 4 is 12.2 Å². The zero-order valence-electron chi connectivity index (χ0n) is 12.6. The van der Waals surface area contributed by atoms with Crippen LogP contribution in [0.5, 0.6) is 5.75 Å². The fraction of sp³-hybridized carbons (Fsp3) is 0.111. The molecule has 3 aromatic rings. The summed E-state index contributed by atoms with van der Waals surface area (Å²) in [7, 11) is 0. The number of benzene rings is 2. The number of H-pyrrole nitrogens is 1. The summed E-state index contributed by atoms with van der Waals surface area (Å²) in [5.74, 6) is 1.62. The monoisotopic (exact) mass is 323 g/mol. The van der Waals surface area contributed by atoms with Crippen LogP contribution in [0.2, 0.25) is 0 Å². The van der Waals surface area contributed by atoms with E-state index < -0.39 is 0 Å². The third-order valence-electron chi connectivity index (χ3n) is 3.43. The summed E-state index contributed by atoms with van der Waals surface area (Å²) in [6.07, 6.45) is 1.80. The molecule has 0 bridgehead atoms. The highest BCUT2D eigenvalue weighted by Gasteiger charge is 2.07. The standard InChI is InChI=1S/C18H17N3OS/c1-2-12-21-17(19-20-18(21)23)15-8-10-16(11-9-15)22-13-14-6-4-3-5-7-14/h2-11H,1,12-13H2,(H,20,23). The van der Waals surface area contributed by atoms with E-state index in [1.807, 2.05) is 59.2 Å². The lowest BCUT2D eigenvalue weighted by Crippen LogP contribution is -1.99. The molecule has 0 saturated carbocycles. The molecule has 4 nitrogen and oxygen atoms in total. The number of rotatable bonds is 6. The molecule has 5 heteroatoms. The van der Waals surface area contributed by atoms with E-state index in [1.54, 1.807) is 6.08 Å². The number of allylic oxidation sites excluding steroid dienone is 1. The molecule has 23 heavy (non-hydrogen) atoms. The molecule has 0 atom stereocenters. The molecule has 0 fully saturated rings. The van der Waals surface area contributed by atoms with Gasteiger partial charge in [-0.05, 0) is 42.0 Å². The normalized spacial score (nSPS) is 10.4. The van der Waals surface area contributed by atoms with E-state index in [2.05, 4.69) is 16.8 Å². The van der Waals surface area contributed by atoms with Crippen molar-refractivity contribution in [2.45, 2.75) is 13.2 Å². The van der Waals surface area contributed by atoms with Crippen LogP contribution in [0.4, 0.5) is 0 Å². The van der Waals surface area contributed by atoms with Crippen molar-refractivity contribution in [1.82, 2.24) is 14.8 Å². The molecule has 0 amide bonds. The number of nitrogens with zero attached hydrogens (tertiary/aromatic N) is 2. The van der Waals surface area contributed by atoms with Crippen LogP contribution in [-0.4, -0.2) is 14.8 Å². The van der Waals surface area contributed by atoms with E-state index in [1.165, 1.54) is 0 Å². The summed E-state index contributed by atoms with van der Waals surface area (Å²) in [6.45, 7) is 4.92. The Hall–Kier alpha value is -2.66. The van der Waals surface area contributed by atoms with Crippen LogP contribution in [0.15, 0.2) is 67.3 Å². The third kappa shape index (κ3) is 3.57. The molecule has 1 aromatic heterocycles. The lowest BCUT2D eigenvalue weighted by atomic mass is 10.2. The highest BCUT2D eigenvalue weighted by atomic mass is 32.1. The topological polar surface area (TPSA) is 42.8 Å². The summed E-state index contributed by atoms with van der Waals surface area (Å²) in [5.41, 5.74) is 2.12. The minimum atomic E-state index is 0.551. The van der Waals surface area contributed by atoms with Crippen LogP contribution in [-0.2, 0) is 13.2 Å². The van der Waals surface area contributed by atoms with Crippen molar-refractivity contribution in [2.75, 3.05) is 0 Å². The first-order valence-corrected chi connectivity index (χ1v) is 7.72. The maximum absolute atomic E-state index is 5.79. The molecule has 2 aromatic carbocycles.